The van der Waals surface area contributed by atoms with Gasteiger partial charge in [0.2, 0.25) is 0 Å². The molecule has 94 valence electrons. The molecule has 1 aromatic rings. The molecule has 0 atom stereocenters. The van der Waals surface area contributed by atoms with Crippen LogP contribution >= 0.6 is 0 Å². The van der Waals surface area contributed by atoms with Crippen molar-refractivity contribution in [2.24, 2.45) is 0 Å². The Morgan fingerprint density at radius 1 is 1.41 bits per heavy atom. The highest BCUT2D eigenvalue weighted by molar-refractivity contribution is 5.83. The van der Waals surface area contributed by atoms with Crippen LogP contribution in [0.25, 0.3) is 0 Å². The molecule has 1 aliphatic rings. The van der Waals surface area contributed by atoms with Crippen molar-refractivity contribution in [3.8, 4) is 0 Å². The van der Waals surface area contributed by atoms with Crippen molar-refractivity contribution in [1.82, 2.24) is 14.8 Å². The molecule has 0 radical (unpaired) electrons. The quantitative estimate of drug-likeness (QED) is 0.746. The molecule has 0 N–H and O–H groups in total. The van der Waals surface area contributed by atoms with Crippen molar-refractivity contribution in [3.63, 3.8) is 0 Å². The van der Waals surface area contributed by atoms with E-state index in [1.54, 1.807) is 0 Å². The largest absolute Gasteiger partial charge is 0.465 e. The summed E-state index contributed by atoms with van der Waals surface area (Å²) in [5.74, 6) is 1.49. The van der Waals surface area contributed by atoms with E-state index in [0.717, 1.165) is 37.5 Å². The monoisotopic (exact) mass is 237 g/mol. The summed E-state index contributed by atoms with van der Waals surface area (Å²) in [5.41, 5.74) is -0.534. The molecule has 0 aliphatic heterocycles. The van der Waals surface area contributed by atoms with Crippen LogP contribution in [0, 0.1) is 6.92 Å². The molecule has 1 fully saturated rings. The molecule has 1 aromatic heterocycles. The maximum absolute atomic E-state index is 12.1. The number of nitrogens with zero attached hydrogens (tertiary/aromatic N) is 3. The lowest BCUT2D eigenvalue weighted by molar-refractivity contribution is -0.154. The van der Waals surface area contributed by atoms with Gasteiger partial charge < -0.3 is 9.30 Å². The zero-order valence-corrected chi connectivity index (χ0v) is 10.7. The Kier molecular flexibility index (Phi) is 3.17. The van der Waals surface area contributed by atoms with Crippen LogP contribution in [0.2, 0.25) is 0 Å². The number of aryl methyl sites for hydroxylation is 1. The first kappa shape index (κ1) is 12.1. The van der Waals surface area contributed by atoms with Crippen molar-refractivity contribution >= 4 is 5.97 Å². The first-order chi connectivity index (χ1) is 8.15. The molecule has 0 unspecified atom stereocenters. The van der Waals surface area contributed by atoms with E-state index in [2.05, 4.69) is 10.2 Å². The van der Waals surface area contributed by atoms with Gasteiger partial charge in [-0.3, -0.25) is 4.79 Å². The molecule has 17 heavy (non-hydrogen) atoms. The van der Waals surface area contributed by atoms with Gasteiger partial charge in [-0.15, -0.1) is 10.2 Å². The van der Waals surface area contributed by atoms with Crippen molar-refractivity contribution in [3.05, 3.63) is 11.6 Å². The predicted octanol–water partition coefficient (Wildman–Crippen LogP) is 1.59. The number of carbonyl (C=O) groups excluding carboxylic acids is 1. The molecule has 0 saturated heterocycles. The summed E-state index contributed by atoms with van der Waals surface area (Å²) in [7, 11) is 0. The number of rotatable bonds is 4. The third kappa shape index (κ3) is 1.73. The minimum absolute atomic E-state index is 0.145. The van der Waals surface area contributed by atoms with E-state index in [1.807, 2.05) is 25.3 Å². The average molecular weight is 237 g/mol. The summed E-state index contributed by atoms with van der Waals surface area (Å²) in [5, 5.41) is 8.28. The molecule has 1 saturated carbocycles. The Hall–Kier alpha value is -1.39. The van der Waals surface area contributed by atoms with Crippen molar-refractivity contribution in [1.29, 1.82) is 0 Å². The molecule has 5 nitrogen and oxygen atoms in total. The van der Waals surface area contributed by atoms with E-state index in [1.165, 1.54) is 0 Å². The average Bonchev–Trinajstić information content (AvgIpc) is 2.59. The van der Waals surface area contributed by atoms with Gasteiger partial charge >= 0.3 is 5.97 Å². The second kappa shape index (κ2) is 4.47. The molecular weight excluding hydrogens is 218 g/mol. The third-order valence-electron chi connectivity index (χ3n) is 3.55. The summed E-state index contributed by atoms with van der Waals surface area (Å²) >= 11 is 0. The van der Waals surface area contributed by atoms with Gasteiger partial charge in [0.1, 0.15) is 11.2 Å². The van der Waals surface area contributed by atoms with Gasteiger partial charge in [0.05, 0.1) is 6.61 Å². The molecular formula is C12H19N3O2. The molecule has 1 aliphatic carbocycles. The molecule has 5 heteroatoms. The molecule has 0 amide bonds. The summed E-state index contributed by atoms with van der Waals surface area (Å²) in [6.45, 7) is 6.99. The van der Waals surface area contributed by atoms with Gasteiger partial charge in [-0.25, -0.2) is 0 Å². The van der Waals surface area contributed by atoms with E-state index in [-0.39, 0.29) is 5.97 Å². The van der Waals surface area contributed by atoms with E-state index in [0.29, 0.717) is 6.61 Å². The predicted molar refractivity (Wildman–Crippen MR) is 62.6 cm³/mol. The van der Waals surface area contributed by atoms with Gasteiger partial charge in [-0.05, 0) is 33.6 Å². The Labute approximate surface area is 101 Å². The maximum atomic E-state index is 12.1. The van der Waals surface area contributed by atoms with Crippen LogP contribution in [-0.2, 0) is 21.5 Å². The second-order valence-corrected chi connectivity index (χ2v) is 4.47. The zero-order chi connectivity index (χ0) is 12.5. The van der Waals surface area contributed by atoms with Crippen LogP contribution in [-0.4, -0.2) is 27.3 Å². The zero-order valence-electron chi connectivity index (χ0n) is 10.7. The molecule has 0 spiro atoms. The van der Waals surface area contributed by atoms with Crippen molar-refractivity contribution in [2.75, 3.05) is 6.61 Å². The fraction of sp³-hybridized carbons (Fsp3) is 0.750. The minimum Gasteiger partial charge on any atom is -0.465 e. The second-order valence-electron chi connectivity index (χ2n) is 4.47. The van der Waals surface area contributed by atoms with E-state index >= 15 is 0 Å². The highest BCUT2D eigenvalue weighted by atomic mass is 16.5. The first-order valence-corrected chi connectivity index (χ1v) is 6.23. The maximum Gasteiger partial charge on any atom is 0.319 e. The number of carbonyl (C=O) groups is 1. The third-order valence-corrected chi connectivity index (χ3v) is 3.55. The topological polar surface area (TPSA) is 57.0 Å². The fourth-order valence-corrected chi connectivity index (χ4v) is 2.43. The number of ether oxygens (including phenoxy) is 1. The smallest absolute Gasteiger partial charge is 0.319 e. The van der Waals surface area contributed by atoms with E-state index in [9.17, 15) is 4.79 Å². The lowest BCUT2D eigenvalue weighted by Crippen LogP contribution is -2.46. The van der Waals surface area contributed by atoms with Gasteiger partial charge in [-0.1, -0.05) is 6.42 Å². The number of aromatic nitrogens is 3. The molecule has 1 heterocycles. The van der Waals surface area contributed by atoms with Crippen LogP contribution in [0.3, 0.4) is 0 Å². The van der Waals surface area contributed by atoms with Crippen LogP contribution in [0.1, 0.15) is 44.8 Å². The summed E-state index contributed by atoms with van der Waals surface area (Å²) in [4.78, 5) is 12.1. The summed E-state index contributed by atoms with van der Waals surface area (Å²) in [6, 6.07) is 0. The Bertz CT molecular complexity index is 421. The van der Waals surface area contributed by atoms with Crippen LogP contribution < -0.4 is 0 Å². The van der Waals surface area contributed by atoms with Gasteiger partial charge in [0.25, 0.3) is 0 Å². The van der Waals surface area contributed by atoms with Gasteiger partial charge in [0.15, 0.2) is 5.82 Å². The van der Waals surface area contributed by atoms with Crippen LogP contribution in [0.15, 0.2) is 0 Å². The standard InChI is InChI=1S/C12H19N3O2/c1-4-15-9(3)13-14-10(15)12(7-6-8-12)11(16)17-5-2/h4-8H2,1-3H3. The van der Waals surface area contributed by atoms with Crippen LogP contribution in [0.4, 0.5) is 0 Å². The van der Waals surface area contributed by atoms with Crippen molar-refractivity contribution < 1.29 is 9.53 Å². The lowest BCUT2D eigenvalue weighted by atomic mass is 9.68. The van der Waals surface area contributed by atoms with Crippen LogP contribution in [0.5, 0.6) is 0 Å². The van der Waals surface area contributed by atoms with Crippen molar-refractivity contribution in [2.45, 2.75) is 52.0 Å². The van der Waals surface area contributed by atoms with Gasteiger partial charge in [0, 0.05) is 6.54 Å². The SMILES string of the molecule is CCOC(=O)C1(c2nnc(C)n2CC)CCC1. The highest BCUT2D eigenvalue weighted by Crippen LogP contribution is 2.44. The lowest BCUT2D eigenvalue weighted by Gasteiger charge is -2.38. The summed E-state index contributed by atoms with van der Waals surface area (Å²) in [6.07, 6.45) is 2.70. The Morgan fingerprint density at radius 2 is 2.12 bits per heavy atom. The minimum atomic E-state index is -0.534. The molecule has 0 aromatic carbocycles. The first-order valence-electron chi connectivity index (χ1n) is 6.23. The van der Waals surface area contributed by atoms with E-state index in [4.69, 9.17) is 4.74 Å². The Morgan fingerprint density at radius 3 is 2.59 bits per heavy atom. The highest BCUT2D eigenvalue weighted by Gasteiger charge is 2.50. The molecule has 2 rings (SSSR count). The Balaban J connectivity index is 2.37. The van der Waals surface area contributed by atoms with Gasteiger partial charge in [-0.2, -0.15) is 0 Å². The fourth-order valence-electron chi connectivity index (χ4n) is 2.43. The molecule has 0 bridgehead atoms. The normalized spacial score (nSPS) is 17.6. The van der Waals surface area contributed by atoms with E-state index < -0.39 is 5.41 Å². The number of hydrogen-bond acceptors (Lipinski definition) is 4. The number of hydrogen-bond donors (Lipinski definition) is 0. The summed E-state index contributed by atoms with van der Waals surface area (Å²) < 4.78 is 7.20. The number of esters is 1.